The SMILES string of the molecule is CCOc1ccc(C(=O)NNC(=O)c2ccc(-c3ccccc3F)o2)cc1OC. The fourth-order valence-electron chi connectivity index (χ4n) is 2.60. The molecule has 3 aromatic rings. The van der Waals surface area contributed by atoms with Crippen molar-refractivity contribution in [2.24, 2.45) is 0 Å². The minimum Gasteiger partial charge on any atom is -0.493 e. The quantitative estimate of drug-likeness (QED) is 0.620. The van der Waals surface area contributed by atoms with Crippen LogP contribution in [0.2, 0.25) is 0 Å². The number of hydrogen-bond acceptors (Lipinski definition) is 5. The summed E-state index contributed by atoms with van der Waals surface area (Å²) in [7, 11) is 1.46. The van der Waals surface area contributed by atoms with Gasteiger partial charge in [0.05, 0.1) is 19.3 Å². The molecule has 1 aromatic heterocycles. The number of furan rings is 1. The number of amides is 2. The van der Waals surface area contributed by atoms with E-state index in [4.69, 9.17) is 13.9 Å². The Morgan fingerprint density at radius 3 is 2.48 bits per heavy atom. The van der Waals surface area contributed by atoms with Crippen molar-refractivity contribution in [3.8, 4) is 22.8 Å². The van der Waals surface area contributed by atoms with Crippen LogP contribution in [0.3, 0.4) is 0 Å². The van der Waals surface area contributed by atoms with Gasteiger partial charge in [-0.1, -0.05) is 12.1 Å². The average molecular weight is 398 g/mol. The number of nitrogens with one attached hydrogen (secondary N) is 2. The van der Waals surface area contributed by atoms with Crippen LogP contribution in [-0.2, 0) is 0 Å². The van der Waals surface area contributed by atoms with Gasteiger partial charge in [0, 0.05) is 5.56 Å². The van der Waals surface area contributed by atoms with Crippen molar-refractivity contribution in [3.63, 3.8) is 0 Å². The fraction of sp³-hybridized carbons (Fsp3) is 0.143. The molecule has 0 saturated heterocycles. The van der Waals surface area contributed by atoms with Gasteiger partial charge in [0.15, 0.2) is 17.3 Å². The number of halogens is 1. The average Bonchev–Trinajstić information content (AvgIpc) is 3.22. The molecule has 1 heterocycles. The zero-order valence-electron chi connectivity index (χ0n) is 15.8. The van der Waals surface area contributed by atoms with E-state index in [1.54, 1.807) is 18.2 Å². The third-order valence-electron chi connectivity index (χ3n) is 3.98. The maximum Gasteiger partial charge on any atom is 0.305 e. The molecule has 0 saturated carbocycles. The number of ether oxygens (including phenoxy) is 2. The fourth-order valence-corrected chi connectivity index (χ4v) is 2.60. The van der Waals surface area contributed by atoms with Crippen LogP contribution in [0, 0.1) is 5.82 Å². The van der Waals surface area contributed by atoms with Crippen molar-refractivity contribution in [1.82, 2.24) is 10.9 Å². The van der Waals surface area contributed by atoms with Crippen molar-refractivity contribution >= 4 is 11.8 Å². The highest BCUT2D eigenvalue weighted by molar-refractivity contribution is 5.98. The molecule has 0 aliphatic heterocycles. The number of carbonyl (C=O) groups excluding carboxylic acids is 2. The number of methoxy groups -OCH3 is 1. The molecular weight excluding hydrogens is 379 g/mol. The van der Waals surface area contributed by atoms with Gasteiger partial charge in [-0.2, -0.15) is 0 Å². The van der Waals surface area contributed by atoms with Crippen LogP contribution in [0.1, 0.15) is 27.8 Å². The second-order valence-corrected chi connectivity index (χ2v) is 5.85. The largest absolute Gasteiger partial charge is 0.493 e. The lowest BCUT2D eigenvalue weighted by molar-refractivity contribution is 0.0831. The van der Waals surface area contributed by atoms with E-state index in [0.717, 1.165) is 0 Å². The first kappa shape index (κ1) is 19.9. The zero-order valence-corrected chi connectivity index (χ0v) is 15.8. The van der Waals surface area contributed by atoms with Crippen LogP contribution >= 0.6 is 0 Å². The van der Waals surface area contributed by atoms with E-state index in [1.165, 1.54) is 43.5 Å². The Bertz CT molecular complexity index is 1030. The summed E-state index contributed by atoms with van der Waals surface area (Å²) >= 11 is 0. The molecule has 0 aliphatic rings. The van der Waals surface area contributed by atoms with Gasteiger partial charge in [-0.05, 0) is 49.4 Å². The van der Waals surface area contributed by atoms with Crippen molar-refractivity contribution in [3.05, 3.63) is 71.7 Å². The summed E-state index contributed by atoms with van der Waals surface area (Å²) in [6.45, 7) is 2.29. The van der Waals surface area contributed by atoms with Gasteiger partial charge >= 0.3 is 5.91 Å². The van der Waals surface area contributed by atoms with Gasteiger partial charge in [-0.25, -0.2) is 4.39 Å². The summed E-state index contributed by atoms with van der Waals surface area (Å²) in [5, 5.41) is 0. The van der Waals surface area contributed by atoms with Crippen molar-refractivity contribution in [2.45, 2.75) is 6.92 Å². The summed E-state index contributed by atoms with van der Waals surface area (Å²) in [6.07, 6.45) is 0. The van der Waals surface area contributed by atoms with Crippen LogP contribution in [-0.4, -0.2) is 25.5 Å². The van der Waals surface area contributed by atoms with Crippen molar-refractivity contribution < 1.29 is 27.9 Å². The molecule has 2 N–H and O–H groups in total. The second-order valence-electron chi connectivity index (χ2n) is 5.85. The molecule has 0 bridgehead atoms. The molecule has 2 aromatic carbocycles. The molecule has 0 atom stereocenters. The van der Waals surface area contributed by atoms with Gasteiger partial charge < -0.3 is 13.9 Å². The maximum atomic E-state index is 13.8. The first-order valence-electron chi connectivity index (χ1n) is 8.79. The van der Waals surface area contributed by atoms with Gasteiger partial charge in [-0.3, -0.25) is 20.4 Å². The van der Waals surface area contributed by atoms with Crippen LogP contribution in [0.4, 0.5) is 4.39 Å². The summed E-state index contributed by atoms with van der Waals surface area (Å²) in [5.41, 5.74) is 5.04. The normalized spacial score (nSPS) is 10.3. The smallest absolute Gasteiger partial charge is 0.305 e. The van der Waals surface area contributed by atoms with Crippen LogP contribution in [0.5, 0.6) is 11.5 Å². The first-order valence-corrected chi connectivity index (χ1v) is 8.79. The lowest BCUT2D eigenvalue weighted by atomic mass is 10.1. The van der Waals surface area contributed by atoms with Gasteiger partial charge in [0.2, 0.25) is 0 Å². The predicted octanol–water partition coefficient (Wildman–Crippen LogP) is 3.57. The highest BCUT2D eigenvalue weighted by atomic mass is 19.1. The Kier molecular flexibility index (Phi) is 6.13. The highest BCUT2D eigenvalue weighted by Gasteiger charge is 2.16. The van der Waals surface area contributed by atoms with Gasteiger partial charge in [0.1, 0.15) is 11.6 Å². The molecule has 8 heteroatoms. The number of carbonyl (C=O) groups is 2. The molecule has 0 spiro atoms. The lowest BCUT2D eigenvalue weighted by Crippen LogP contribution is -2.41. The number of rotatable bonds is 6. The topological polar surface area (TPSA) is 89.8 Å². The summed E-state index contributed by atoms with van der Waals surface area (Å²) in [4.78, 5) is 24.5. The molecule has 150 valence electrons. The zero-order chi connectivity index (χ0) is 20.8. The van der Waals surface area contributed by atoms with E-state index in [9.17, 15) is 14.0 Å². The molecular formula is C21H19FN2O5. The first-order chi connectivity index (χ1) is 14.0. The number of hydrazine groups is 1. The minimum absolute atomic E-state index is 0.0761. The molecule has 0 unspecified atom stereocenters. The Balaban J connectivity index is 1.65. The lowest BCUT2D eigenvalue weighted by Gasteiger charge is -2.11. The predicted molar refractivity (Wildman–Crippen MR) is 103 cm³/mol. The minimum atomic E-state index is -0.682. The third-order valence-corrected chi connectivity index (χ3v) is 3.98. The van der Waals surface area contributed by atoms with E-state index in [2.05, 4.69) is 10.9 Å². The van der Waals surface area contributed by atoms with E-state index >= 15 is 0 Å². The molecule has 0 fully saturated rings. The summed E-state index contributed by atoms with van der Waals surface area (Å²) in [6, 6.07) is 13.6. The molecule has 3 rings (SSSR count). The summed E-state index contributed by atoms with van der Waals surface area (Å²) in [5.74, 6) is -0.673. The van der Waals surface area contributed by atoms with Crippen molar-refractivity contribution in [1.29, 1.82) is 0 Å². The molecule has 2 amide bonds. The molecule has 0 aliphatic carbocycles. The Morgan fingerprint density at radius 2 is 1.76 bits per heavy atom. The van der Waals surface area contributed by atoms with Crippen LogP contribution < -0.4 is 20.3 Å². The van der Waals surface area contributed by atoms with Crippen LogP contribution in [0.15, 0.2) is 59.0 Å². The van der Waals surface area contributed by atoms with E-state index in [-0.39, 0.29) is 22.6 Å². The third kappa shape index (κ3) is 4.55. The Labute approximate surface area is 166 Å². The monoisotopic (exact) mass is 398 g/mol. The Morgan fingerprint density at radius 1 is 1.00 bits per heavy atom. The maximum absolute atomic E-state index is 13.8. The molecule has 0 radical (unpaired) electrons. The standard InChI is InChI=1S/C21H19FN2O5/c1-3-28-17-9-8-13(12-19(17)27-2)20(25)23-24-21(26)18-11-10-16(29-18)14-6-4-5-7-15(14)22/h4-12H,3H2,1-2H3,(H,23,25)(H,24,26). The van der Waals surface area contributed by atoms with E-state index in [1.807, 2.05) is 6.92 Å². The molecule has 7 nitrogen and oxygen atoms in total. The highest BCUT2D eigenvalue weighted by Crippen LogP contribution is 2.28. The van der Waals surface area contributed by atoms with Crippen LogP contribution in [0.25, 0.3) is 11.3 Å². The summed E-state index contributed by atoms with van der Waals surface area (Å²) < 4.78 is 29.8. The van der Waals surface area contributed by atoms with Gasteiger partial charge in [-0.15, -0.1) is 0 Å². The number of hydrogen-bond donors (Lipinski definition) is 2. The van der Waals surface area contributed by atoms with Gasteiger partial charge in [0.25, 0.3) is 5.91 Å². The Hall–Kier alpha value is -3.81. The van der Waals surface area contributed by atoms with E-state index < -0.39 is 17.6 Å². The second kappa shape index (κ2) is 8.92. The van der Waals surface area contributed by atoms with Crippen molar-refractivity contribution in [2.75, 3.05) is 13.7 Å². The molecule has 29 heavy (non-hydrogen) atoms. The number of benzene rings is 2. The van der Waals surface area contributed by atoms with E-state index in [0.29, 0.717) is 18.1 Å².